The van der Waals surface area contributed by atoms with Crippen molar-refractivity contribution in [3.63, 3.8) is 0 Å². The number of benzene rings is 1. The second-order valence-electron chi connectivity index (χ2n) is 7.01. The molecule has 1 aromatic rings. The monoisotopic (exact) mass is 376 g/mol. The molecule has 0 saturated carbocycles. The van der Waals surface area contributed by atoms with Gasteiger partial charge in [0.05, 0.1) is 13.2 Å². The van der Waals surface area contributed by atoms with Crippen LogP contribution >= 0.6 is 0 Å². The first-order chi connectivity index (χ1) is 13.1. The molecule has 27 heavy (non-hydrogen) atoms. The summed E-state index contributed by atoms with van der Waals surface area (Å²) in [4.78, 5) is 26.9. The highest BCUT2D eigenvalue weighted by Crippen LogP contribution is 2.20. The van der Waals surface area contributed by atoms with E-state index in [0.29, 0.717) is 43.9 Å². The van der Waals surface area contributed by atoms with Crippen molar-refractivity contribution in [3.8, 4) is 0 Å². The first-order valence-electron chi connectivity index (χ1n) is 9.43. The fourth-order valence-electron chi connectivity index (χ4n) is 3.18. The SMILES string of the molecule is NC1(C(=O)Nc2ccc(C(=O)NCCN3CCOCC3)cc2)CCOCC1. The van der Waals surface area contributed by atoms with Crippen molar-refractivity contribution < 1.29 is 19.1 Å². The Labute approximate surface area is 159 Å². The Morgan fingerprint density at radius 1 is 1.04 bits per heavy atom. The molecule has 2 saturated heterocycles. The summed E-state index contributed by atoms with van der Waals surface area (Å²) in [7, 11) is 0. The summed E-state index contributed by atoms with van der Waals surface area (Å²) in [6.45, 7) is 5.69. The minimum Gasteiger partial charge on any atom is -0.381 e. The molecule has 2 aliphatic rings. The van der Waals surface area contributed by atoms with Crippen molar-refractivity contribution in [2.24, 2.45) is 5.73 Å². The summed E-state index contributed by atoms with van der Waals surface area (Å²) in [6.07, 6.45) is 1.00. The van der Waals surface area contributed by atoms with Crippen molar-refractivity contribution in [2.45, 2.75) is 18.4 Å². The van der Waals surface area contributed by atoms with Gasteiger partial charge in [-0.05, 0) is 37.1 Å². The van der Waals surface area contributed by atoms with Crippen LogP contribution in [0.5, 0.6) is 0 Å². The molecular weight excluding hydrogens is 348 g/mol. The van der Waals surface area contributed by atoms with Gasteiger partial charge in [0, 0.05) is 50.6 Å². The Morgan fingerprint density at radius 3 is 2.33 bits per heavy atom. The van der Waals surface area contributed by atoms with E-state index in [1.54, 1.807) is 24.3 Å². The lowest BCUT2D eigenvalue weighted by Crippen LogP contribution is -2.54. The van der Waals surface area contributed by atoms with Crippen LogP contribution in [-0.4, -0.2) is 74.9 Å². The third kappa shape index (κ3) is 5.49. The first kappa shape index (κ1) is 19.8. The molecule has 1 aromatic carbocycles. The normalized spacial score (nSPS) is 20.0. The van der Waals surface area contributed by atoms with Crippen LogP contribution in [0, 0.1) is 0 Å². The maximum atomic E-state index is 12.4. The minimum absolute atomic E-state index is 0.124. The molecule has 0 bridgehead atoms. The Morgan fingerprint density at radius 2 is 1.67 bits per heavy atom. The quantitative estimate of drug-likeness (QED) is 0.655. The van der Waals surface area contributed by atoms with E-state index < -0.39 is 5.54 Å². The number of carbonyl (C=O) groups is 2. The van der Waals surface area contributed by atoms with Crippen LogP contribution in [0.4, 0.5) is 5.69 Å². The molecule has 0 spiro atoms. The number of rotatable bonds is 6. The van der Waals surface area contributed by atoms with Crippen molar-refractivity contribution in [3.05, 3.63) is 29.8 Å². The fourth-order valence-corrected chi connectivity index (χ4v) is 3.18. The molecule has 2 heterocycles. The number of nitrogens with two attached hydrogens (primary N) is 1. The van der Waals surface area contributed by atoms with Gasteiger partial charge in [-0.1, -0.05) is 0 Å². The summed E-state index contributed by atoms with van der Waals surface area (Å²) in [5.74, 6) is -0.339. The Hall–Kier alpha value is -2.00. The lowest BCUT2D eigenvalue weighted by atomic mass is 9.90. The molecular formula is C19H28N4O4. The van der Waals surface area contributed by atoms with Crippen LogP contribution in [0.25, 0.3) is 0 Å². The fraction of sp³-hybridized carbons (Fsp3) is 0.579. The molecule has 0 aliphatic carbocycles. The number of carbonyl (C=O) groups excluding carboxylic acids is 2. The zero-order valence-electron chi connectivity index (χ0n) is 15.5. The largest absolute Gasteiger partial charge is 0.381 e. The summed E-state index contributed by atoms with van der Waals surface area (Å²) in [5.41, 5.74) is 6.47. The van der Waals surface area contributed by atoms with E-state index in [1.165, 1.54) is 0 Å². The maximum absolute atomic E-state index is 12.4. The van der Waals surface area contributed by atoms with E-state index in [4.69, 9.17) is 15.2 Å². The van der Waals surface area contributed by atoms with Crippen LogP contribution in [0.2, 0.25) is 0 Å². The number of nitrogens with one attached hydrogen (secondary N) is 2. The van der Waals surface area contributed by atoms with Gasteiger partial charge in [0.2, 0.25) is 5.91 Å². The number of morpholine rings is 1. The maximum Gasteiger partial charge on any atom is 0.251 e. The summed E-state index contributed by atoms with van der Waals surface area (Å²) in [6, 6.07) is 6.84. The molecule has 0 radical (unpaired) electrons. The topological polar surface area (TPSA) is 106 Å². The molecule has 8 heteroatoms. The number of hydrogen-bond donors (Lipinski definition) is 3. The molecule has 2 fully saturated rings. The smallest absolute Gasteiger partial charge is 0.251 e. The van der Waals surface area contributed by atoms with Gasteiger partial charge in [0.25, 0.3) is 5.91 Å². The van der Waals surface area contributed by atoms with Crippen LogP contribution < -0.4 is 16.4 Å². The summed E-state index contributed by atoms with van der Waals surface area (Å²) >= 11 is 0. The van der Waals surface area contributed by atoms with Crippen LogP contribution in [-0.2, 0) is 14.3 Å². The third-order valence-electron chi connectivity index (χ3n) is 5.06. The van der Waals surface area contributed by atoms with Crippen molar-refractivity contribution in [1.82, 2.24) is 10.2 Å². The molecule has 3 rings (SSSR count). The molecule has 8 nitrogen and oxygen atoms in total. The lowest BCUT2D eigenvalue weighted by Gasteiger charge is -2.31. The number of ether oxygens (including phenoxy) is 2. The van der Waals surface area contributed by atoms with E-state index in [1.807, 2.05) is 0 Å². The number of anilines is 1. The standard InChI is InChI=1S/C19H28N4O4/c20-19(5-11-26-12-6-19)18(25)22-16-3-1-15(2-4-16)17(24)21-7-8-23-9-13-27-14-10-23/h1-4H,5-14,20H2,(H,21,24)(H,22,25). The number of hydrogen-bond acceptors (Lipinski definition) is 6. The Balaban J connectivity index is 1.46. The summed E-state index contributed by atoms with van der Waals surface area (Å²) < 4.78 is 10.6. The van der Waals surface area contributed by atoms with Gasteiger partial charge in [0.15, 0.2) is 0 Å². The zero-order valence-corrected chi connectivity index (χ0v) is 15.5. The van der Waals surface area contributed by atoms with E-state index in [9.17, 15) is 9.59 Å². The molecule has 4 N–H and O–H groups in total. The van der Waals surface area contributed by atoms with Gasteiger partial charge in [0.1, 0.15) is 5.54 Å². The van der Waals surface area contributed by atoms with Crippen LogP contribution in [0.15, 0.2) is 24.3 Å². The third-order valence-corrected chi connectivity index (χ3v) is 5.06. The molecule has 2 aliphatic heterocycles. The Bertz CT molecular complexity index is 638. The highest BCUT2D eigenvalue weighted by molar-refractivity contribution is 5.99. The van der Waals surface area contributed by atoms with E-state index in [2.05, 4.69) is 15.5 Å². The Kier molecular flexibility index (Phi) is 6.78. The van der Waals surface area contributed by atoms with E-state index in [-0.39, 0.29) is 11.8 Å². The second kappa shape index (κ2) is 9.27. The molecule has 0 unspecified atom stereocenters. The predicted octanol–water partition coefficient (Wildman–Crippen LogP) is 0.195. The highest BCUT2D eigenvalue weighted by Gasteiger charge is 2.35. The van der Waals surface area contributed by atoms with Gasteiger partial charge in [-0.25, -0.2) is 0 Å². The van der Waals surface area contributed by atoms with Crippen LogP contribution in [0.1, 0.15) is 23.2 Å². The van der Waals surface area contributed by atoms with E-state index >= 15 is 0 Å². The molecule has 0 atom stereocenters. The molecule has 2 amide bonds. The van der Waals surface area contributed by atoms with Gasteiger partial charge < -0.3 is 25.8 Å². The average molecular weight is 376 g/mol. The molecule has 148 valence electrons. The summed E-state index contributed by atoms with van der Waals surface area (Å²) in [5, 5.41) is 5.76. The first-order valence-corrected chi connectivity index (χ1v) is 9.43. The van der Waals surface area contributed by atoms with Crippen molar-refractivity contribution in [2.75, 3.05) is 57.9 Å². The van der Waals surface area contributed by atoms with Gasteiger partial charge in [-0.2, -0.15) is 0 Å². The highest BCUT2D eigenvalue weighted by atomic mass is 16.5. The second-order valence-corrected chi connectivity index (χ2v) is 7.01. The van der Waals surface area contributed by atoms with Crippen LogP contribution in [0.3, 0.4) is 0 Å². The predicted molar refractivity (Wildman–Crippen MR) is 102 cm³/mol. The average Bonchev–Trinajstić information content (AvgIpc) is 2.70. The van der Waals surface area contributed by atoms with Gasteiger partial charge in [-0.3, -0.25) is 14.5 Å². The van der Waals surface area contributed by atoms with E-state index in [0.717, 1.165) is 32.8 Å². The van der Waals surface area contributed by atoms with Gasteiger partial charge in [-0.15, -0.1) is 0 Å². The zero-order chi connectivity index (χ0) is 19.1. The van der Waals surface area contributed by atoms with Crippen molar-refractivity contribution in [1.29, 1.82) is 0 Å². The van der Waals surface area contributed by atoms with Crippen molar-refractivity contribution >= 4 is 17.5 Å². The lowest BCUT2D eigenvalue weighted by molar-refractivity contribution is -0.124. The molecule has 0 aromatic heterocycles. The number of amides is 2. The number of nitrogens with zero attached hydrogens (tertiary/aromatic N) is 1. The minimum atomic E-state index is -0.895. The van der Waals surface area contributed by atoms with Gasteiger partial charge >= 0.3 is 0 Å².